The number of aliphatic hydroxyl groups is 1. The molecule has 2 aliphatic rings. The highest BCUT2D eigenvalue weighted by atomic mass is 16.3. The van der Waals surface area contributed by atoms with E-state index in [2.05, 4.69) is 20.3 Å². The first kappa shape index (κ1) is 13.7. The number of H-pyrrole nitrogens is 1. The van der Waals surface area contributed by atoms with Crippen molar-refractivity contribution in [2.75, 3.05) is 0 Å². The third-order valence-corrected chi connectivity index (χ3v) is 4.87. The molecule has 0 spiro atoms. The molecule has 2 aliphatic carbocycles. The van der Waals surface area contributed by atoms with Crippen molar-refractivity contribution in [3.8, 4) is 0 Å². The third kappa shape index (κ3) is 2.27. The highest BCUT2D eigenvalue weighted by Gasteiger charge is 2.38. The maximum atomic E-state index is 12.6. The van der Waals surface area contributed by atoms with E-state index in [-0.39, 0.29) is 11.9 Å². The maximum Gasteiger partial charge on any atom is 0.255 e. The lowest BCUT2D eigenvalue weighted by Gasteiger charge is -2.26. The first-order valence-electron chi connectivity index (χ1n) is 7.92. The molecule has 2 aromatic rings. The Hall–Kier alpha value is -1.95. The zero-order valence-electron chi connectivity index (χ0n) is 12.6. The second-order valence-corrected chi connectivity index (χ2v) is 6.74. The van der Waals surface area contributed by atoms with Gasteiger partial charge in [-0.2, -0.15) is 0 Å². The van der Waals surface area contributed by atoms with Crippen LogP contribution in [-0.2, 0) is 0 Å². The Morgan fingerprint density at radius 3 is 2.95 bits per heavy atom. The quantitative estimate of drug-likeness (QED) is 0.807. The van der Waals surface area contributed by atoms with Gasteiger partial charge in [0.25, 0.3) is 5.91 Å². The van der Waals surface area contributed by atoms with E-state index in [0.29, 0.717) is 22.6 Å². The van der Waals surface area contributed by atoms with Crippen LogP contribution < -0.4 is 5.32 Å². The van der Waals surface area contributed by atoms with Crippen LogP contribution in [0.3, 0.4) is 0 Å². The molecule has 0 bridgehead atoms. The van der Waals surface area contributed by atoms with Gasteiger partial charge in [0.2, 0.25) is 0 Å². The molecule has 2 heterocycles. The molecular formula is C16H20N4O2. The Bertz CT molecular complexity index is 733. The number of hydrogen-bond donors (Lipinski definition) is 3. The summed E-state index contributed by atoms with van der Waals surface area (Å²) in [7, 11) is 0. The topological polar surface area (TPSA) is 90.9 Å². The minimum atomic E-state index is -0.827. The molecule has 6 nitrogen and oxygen atoms in total. The zero-order valence-corrected chi connectivity index (χ0v) is 12.6. The van der Waals surface area contributed by atoms with E-state index in [1.807, 2.05) is 0 Å². The van der Waals surface area contributed by atoms with E-state index in [1.165, 1.54) is 0 Å². The van der Waals surface area contributed by atoms with Gasteiger partial charge in [0.1, 0.15) is 5.52 Å². The van der Waals surface area contributed by atoms with Gasteiger partial charge in [0.05, 0.1) is 29.1 Å². The smallest absolute Gasteiger partial charge is 0.255 e. The number of aromatic nitrogens is 3. The van der Waals surface area contributed by atoms with Crippen molar-refractivity contribution in [3.05, 3.63) is 23.7 Å². The van der Waals surface area contributed by atoms with E-state index in [4.69, 9.17) is 0 Å². The molecule has 6 heteroatoms. The van der Waals surface area contributed by atoms with Crippen molar-refractivity contribution in [2.24, 2.45) is 0 Å². The van der Waals surface area contributed by atoms with Crippen LogP contribution in [0.1, 0.15) is 61.0 Å². The van der Waals surface area contributed by atoms with Crippen molar-refractivity contribution < 1.29 is 9.90 Å². The summed E-state index contributed by atoms with van der Waals surface area (Å²) in [4.78, 5) is 24.5. The number of rotatable bonds is 3. The van der Waals surface area contributed by atoms with E-state index >= 15 is 0 Å². The SMILES string of the molecule is CC1(O)CCCC1NC(=O)c1c[nH]c2ncc(C3CC3)nc12. The number of hydrogen-bond acceptors (Lipinski definition) is 4. The van der Waals surface area contributed by atoms with Crippen LogP contribution in [0.5, 0.6) is 0 Å². The second-order valence-electron chi connectivity index (χ2n) is 6.74. The van der Waals surface area contributed by atoms with Crippen molar-refractivity contribution >= 4 is 17.1 Å². The molecular weight excluding hydrogens is 280 g/mol. The molecule has 4 rings (SSSR count). The molecule has 2 fully saturated rings. The Morgan fingerprint density at radius 2 is 2.27 bits per heavy atom. The highest BCUT2D eigenvalue weighted by Crippen LogP contribution is 2.39. The molecule has 2 unspecified atom stereocenters. The van der Waals surface area contributed by atoms with Crippen LogP contribution in [0.15, 0.2) is 12.4 Å². The summed E-state index contributed by atoms with van der Waals surface area (Å²) in [6, 6.07) is -0.204. The number of carbonyl (C=O) groups is 1. The zero-order chi connectivity index (χ0) is 15.3. The van der Waals surface area contributed by atoms with E-state index in [9.17, 15) is 9.90 Å². The molecule has 0 aromatic carbocycles. The average Bonchev–Trinajstić information content (AvgIpc) is 3.17. The Kier molecular flexibility index (Phi) is 2.97. The van der Waals surface area contributed by atoms with Crippen LogP contribution in [0.4, 0.5) is 0 Å². The molecule has 22 heavy (non-hydrogen) atoms. The van der Waals surface area contributed by atoms with Crippen LogP contribution >= 0.6 is 0 Å². The fraction of sp³-hybridized carbons (Fsp3) is 0.562. The molecule has 3 N–H and O–H groups in total. The fourth-order valence-corrected chi connectivity index (χ4v) is 3.27. The summed E-state index contributed by atoms with van der Waals surface area (Å²) < 4.78 is 0. The number of amides is 1. The largest absolute Gasteiger partial charge is 0.388 e. The monoisotopic (exact) mass is 300 g/mol. The summed E-state index contributed by atoms with van der Waals surface area (Å²) in [5.41, 5.74) is 1.90. The molecule has 2 aromatic heterocycles. The Labute approximate surface area is 128 Å². The lowest BCUT2D eigenvalue weighted by Crippen LogP contribution is -2.47. The molecule has 0 radical (unpaired) electrons. The summed E-state index contributed by atoms with van der Waals surface area (Å²) in [5.74, 6) is 0.305. The highest BCUT2D eigenvalue weighted by molar-refractivity contribution is 6.04. The standard InChI is InChI=1S/C16H20N4O2/c1-16(22)6-2-3-12(16)20-15(21)10-7-17-14-13(10)19-11(8-18-14)9-4-5-9/h7-9,12,22H,2-6H2,1H3,(H,17,18)(H,20,21). The van der Waals surface area contributed by atoms with Gasteiger partial charge in [-0.15, -0.1) is 0 Å². The van der Waals surface area contributed by atoms with E-state index < -0.39 is 5.60 Å². The molecule has 1 amide bonds. The summed E-state index contributed by atoms with van der Waals surface area (Å²) in [6.07, 6.45) is 8.20. The van der Waals surface area contributed by atoms with Gasteiger partial charge in [0.15, 0.2) is 5.65 Å². The van der Waals surface area contributed by atoms with Crippen molar-refractivity contribution in [3.63, 3.8) is 0 Å². The maximum absolute atomic E-state index is 12.6. The number of nitrogens with zero attached hydrogens (tertiary/aromatic N) is 2. The van der Waals surface area contributed by atoms with E-state index in [1.54, 1.807) is 19.3 Å². The van der Waals surface area contributed by atoms with Crippen LogP contribution in [0.2, 0.25) is 0 Å². The molecule has 2 atom stereocenters. The second kappa shape index (κ2) is 4.78. The first-order valence-corrected chi connectivity index (χ1v) is 7.92. The molecule has 0 aliphatic heterocycles. The first-order chi connectivity index (χ1) is 10.5. The number of nitrogens with one attached hydrogen (secondary N) is 2. The van der Waals surface area contributed by atoms with Gasteiger partial charge >= 0.3 is 0 Å². The summed E-state index contributed by atoms with van der Waals surface area (Å²) in [6.45, 7) is 1.78. The molecule has 116 valence electrons. The van der Waals surface area contributed by atoms with Gasteiger partial charge in [-0.3, -0.25) is 4.79 Å². The van der Waals surface area contributed by atoms with Crippen LogP contribution in [0.25, 0.3) is 11.2 Å². The molecule has 0 saturated heterocycles. The number of fused-ring (bicyclic) bond motifs is 1. The van der Waals surface area contributed by atoms with Gasteiger partial charge in [0, 0.05) is 12.1 Å². The van der Waals surface area contributed by atoms with E-state index in [0.717, 1.165) is 37.8 Å². The summed E-state index contributed by atoms with van der Waals surface area (Å²) in [5, 5.41) is 13.2. The lowest BCUT2D eigenvalue weighted by molar-refractivity contribution is 0.0368. The third-order valence-electron chi connectivity index (χ3n) is 4.87. The normalized spacial score (nSPS) is 28.2. The number of carbonyl (C=O) groups excluding carboxylic acids is 1. The van der Waals surface area contributed by atoms with Crippen LogP contribution in [-0.4, -0.2) is 37.6 Å². The van der Waals surface area contributed by atoms with Crippen molar-refractivity contribution in [1.29, 1.82) is 0 Å². The van der Waals surface area contributed by atoms with Gasteiger partial charge in [-0.1, -0.05) is 0 Å². The van der Waals surface area contributed by atoms with Gasteiger partial charge in [-0.25, -0.2) is 9.97 Å². The average molecular weight is 300 g/mol. The number of aromatic amines is 1. The Morgan fingerprint density at radius 1 is 1.45 bits per heavy atom. The minimum Gasteiger partial charge on any atom is -0.388 e. The lowest BCUT2D eigenvalue weighted by atomic mass is 10.0. The molecule has 2 saturated carbocycles. The summed E-state index contributed by atoms with van der Waals surface area (Å²) >= 11 is 0. The van der Waals surface area contributed by atoms with Crippen molar-refractivity contribution in [1.82, 2.24) is 20.3 Å². The predicted molar refractivity (Wildman–Crippen MR) is 81.6 cm³/mol. The van der Waals surface area contributed by atoms with Crippen molar-refractivity contribution in [2.45, 2.75) is 56.6 Å². The predicted octanol–water partition coefficient (Wildman–Crippen LogP) is 1.87. The van der Waals surface area contributed by atoms with Crippen LogP contribution in [0, 0.1) is 0 Å². The fourth-order valence-electron chi connectivity index (χ4n) is 3.27. The van der Waals surface area contributed by atoms with Gasteiger partial charge in [-0.05, 0) is 39.0 Å². The minimum absolute atomic E-state index is 0.194. The Balaban J connectivity index is 1.62. The van der Waals surface area contributed by atoms with Gasteiger partial charge < -0.3 is 15.4 Å².